The minimum absolute atomic E-state index is 0.0398. The molecular formula is C12H19N3O3. The Labute approximate surface area is 106 Å². The summed E-state index contributed by atoms with van der Waals surface area (Å²) < 4.78 is 0. The van der Waals surface area contributed by atoms with Gasteiger partial charge in [0, 0.05) is 14.1 Å². The van der Waals surface area contributed by atoms with Crippen LogP contribution in [0.5, 0.6) is 0 Å². The fraction of sp³-hybridized carbons (Fsp3) is 0.750. The van der Waals surface area contributed by atoms with Crippen molar-refractivity contribution >= 4 is 17.8 Å². The van der Waals surface area contributed by atoms with Crippen LogP contribution in [0.2, 0.25) is 0 Å². The second-order valence-electron chi connectivity index (χ2n) is 5.00. The van der Waals surface area contributed by atoms with E-state index < -0.39 is 11.9 Å². The third-order valence-corrected chi connectivity index (χ3v) is 3.86. The average Bonchev–Trinajstić information content (AvgIpc) is 2.63. The van der Waals surface area contributed by atoms with Crippen molar-refractivity contribution in [3.63, 3.8) is 0 Å². The molecule has 0 spiro atoms. The highest BCUT2D eigenvalue weighted by molar-refractivity contribution is 6.15. The van der Waals surface area contributed by atoms with Crippen molar-refractivity contribution in [2.45, 2.75) is 19.3 Å². The summed E-state index contributed by atoms with van der Waals surface area (Å²) in [6.07, 6.45) is 2.62. The Bertz CT molecular complexity index is 351. The van der Waals surface area contributed by atoms with Crippen LogP contribution < -0.4 is 5.32 Å². The van der Waals surface area contributed by atoms with E-state index in [-0.39, 0.29) is 17.7 Å². The fourth-order valence-electron chi connectivity index (χ4n) is 2.72. The first-order valence-electron chi connectivity index (χ1n) is 6.34. The zero-order valence-corrected chi connectivity index (χ0v) is 10.8. The van der Waals surface area contributed by atoms with E-state index in [1.54, 1.807) is 0 Å². The first-order valence-corrected chi connectivity index (χ1v) is 6.34. The lowest BCUT2D eigenvalue weighted by molar-refractivity contribution is -0.150. The van der Waals surface area contributed by atoms with Crippen LogP contribution >= 0.6 is 0 Å². The van der Waals surface area contributed by atoms with E-state index in [1.165, 1.54) is 14.1 Å². The number of amides is 4. The standard InChI is InChI=1S/C12H19N3O3/c1-14-10(16)9(11(17)15(2)12(14)18)8-4-3-6-13-7-5-8/h8-9,13H,3-7H2,1-2H3. The van der Waals surface area contributed by atoms with Gasteiger partial charge in [-0.25, -0.2) is 4.79 Å². The molecule has 0 aromatic heterocycles. The van der Waals surface area contributed by atoms with Gasteiger partial charge in [0.05, 0.1) is 0 Å². The number of barbiturate groups is 1. The van der Waals surface area contributed by atoms with Gasteiger partial charge >= 0.3 is 6.03 Å². The number of nitrogens with one attached hydrogen (secondary N) is 1. The number of urea groups is 1. The van der Waals surface area contributed by atoms with Gasteiger partial charge in [-0.05, 0) is 38.3 Å². The van der Waals surface area contributed by atoms with Crippen LogP contribution in [0.15, 0.2) is 0 Å². The summed E-state index contributed by atoms with van der Waals surface area (Å²) in [5.41, 5.74) is 0. The number of nitrogens with zero attached hydrogens (tertiary/aromatic N) is 2. The van der Waals surface area contributed by atoms with Crippen molar-refractivity contribution in [3.8, 4) is 0 Å². The lowest BCUT2D eigenvalue weighted by Gasteiger charge is -2.36. The monoisotopic (exact) mass is 253 g/mol. The lowest BCUT2D eigenvalue weighted by atomic mass is 9.83. The first kappa shape index (κ1) is 13.0. The molecule has 2 aliphatic heterocycles. The number of imide groups is 2. The van der Waals surface area contributed by atoms with E-state index in [4.69, 9.17) is 0 Å². The van der Waals surface area contributed by atoms with E-state index in [1.807, 2.05) is 0 Å². The zero-order valence-electron chi connectivity index (χ0n) is 10.8. The van der Waals surface area contributed by atoms with Gasteiger partial charge in [0.1, 0.15) is 5.92 Å². The number of rotatable bonds is 1. The molecule has 0 aliphatic carbocycles. The summed E-state index contributed by atoms with van der Waals surface area (Å²) in [5.74, 6) is -1.35. The van der Waals surface area contributed by atoms with Crippen molar-refractivity contribution in [2.75, 3.05) is 27.2 Å². The fourth-order valence-corrected chi connectivity index (χ4v) is 2.72. The van der Waals surface area contributed by atoms with Crippen LogP contribution in [0.4, 0.5) is 4.79 Å². The highest BCUT2D eigenvalue weighted by Gasteiger charge is 2.46. The number of hydrogen-bond acceptors (Lipinski definition) is 4. The van der Waals surface area contributed by atoms with Gasteiger partial charge in [-0.1, -0.05) is 0 Å². The van der Waals surface area contributed by atoms with Gasteiger partial charge < -0.3 is 5.32 Å². The predicted octanol–water partition coefficient (Wildman–Crippen LogP) is 0.0427. The van der Waals surface area contributed by atoms with Crippen molar-refractivity contribution in [3.05, 3.63) is 0 Å². The largest absolute Gasteiger partial charge is 0.332 e. The minimum atomic E-state index is -0.683. The molecule has 0 radical (unpaired) electrons. The third-order valence-electron chi connectivity index (χ3n) is 3.86. The number of hydrogen-bond donors (Lipinski definition) is 1. The van der Waals surface area contributed by atoms with E-state index in [2.05, 4.69) is 5.32 Å². The molecule has 0 saturated carbocycles. The molecule has 2 heterocycles. The smallest absolute Gasteiger partial charge is 0.317 e. The first-order chi connectivity index (χ1) is 8.54. The number of carbonyl (C=O) groups excluding carboxylic acids is 3. The van der Waals surface area contributed by atoms with Gasteiger partial charge in [-0.2, -0.15) is 0 Å². The summed E-state index contributed by atoms with van der Waals surface area (Å²) >= 11 is 0. The maximum absolute atomic E-state index is 12.1. The molecule has 0 aromatic rings. The predicted molar refractivity (Wildman–Crippen MR) is 64.6 cm³/mol. The van der Waals surface area contributed by atoms with Crippen LogP contribution in [0.25, 0.3) is 0 Å². The number of carbonyl (C=O) groups is 3. The molecular weight excluding hydrogens is 234 g/mol. The maximum Gasteiger partial charge on any atom is 0.332 e. The molecule has 6 nitrogen and oxygen atoms in total. The van der Waals surface area contributed by atoms with Gasteiger partial charge in [0.25, 0.3) is 0 Å². The van der Waals surface area contributed by atoms with E-state index in [0.29, 0.717) is 0 Å². The molecule has 0 aromatic carbocycles. The van der Waals surface area contributed by atoms with Crippen molar-refractivity contribution in [1.82, 2.24) is 15.1 Å². The Morgan fingerprint density at radius 1 is 1.00 bits per heavy atom. The lowest BCUT2D eigenvalue weighted by Crippen LogP contribution is -2.58. The van der Waals surface area contributed by atoms with Crippen LogP contribution in [-0.4, -0.2) is 54.8 Å². The summed E-state index contributed by atoms with van der Waals surface area (Å²) in [6, 6.07) is -0.534. The van der Waals surface area contributed by atoms with Gasteiger partial charge in [-0.3, -0.25) is 19.4 Å². The Balaban J connectivity index is 2.21. The van der Waals surface area contributed by atoms with Gasteiger partial charge in [0.2, 0.25) is 11.8 Å². The van der Waals surface area contributed by atoms with E-state index >= 15 is 0 Å². The Morgan fingerprint density at radius 3 is 2.22 bits per heavy atom. The highest BCUT2D eigenvalue weighted by atomic mass is 16.2. The Kier molecular flexibility index (Phi) is 3.65. The second kappa shape index (κ2) is 5.06. The molecule has 0 bridgehead atoms. The summed E-state index contributed by atoms with van der Waals surface area (Å²) in [7, 11) is 2.88. The molecule has 2 rings (SSSR count). The molecule has 4 amide bonds. The van der Waals surface area contributed by atoms with Crippen molar-refractivity contribution < 1.29 is 14.4 Å². The normalized spacial score (nSPS) is 27.7. The van der Waals surface area contributed by atoms with E-state index in [0.717, 1.165) is 42.2 Å². The molecule has 1 unspecified atom stereocenters. The van der Waals surface area contributed by atoms with Crippen molar-refractivity contribution in [2.24, 2.45) is 11.8 Å². The quantitative estimate of drug-likeness (QED) is 0.670. The third kappa shape index (κ3) is 2.12. The molecule has 2 fully saturated rings. The topological polar surface area (TPSA) is 69.7 Å². The molecule has 6 heteroatoms. The minimum Gasteiger partial charge on any atom is -0.317 e. The van der Waals surface area contributed by atoms with Gasteiger partial charge in [0.15, 0.2) is 0 Å². The van der Waals surface area contributed by atoms with Crippen LogP contribution in [0, 0.1) is 11.8 Å². The molecule has 1 N–H and O–H groups in total. The van der Waals surface area contributed by atoms with Crippen LogP contribution in [0.1, 0.15) is 19.3 Å². The zero-order chi connectivity index (χ0) is 13.3. The molecule has 18 heavy (non-hydrogen) atoms. The molecule has 2 aliphatic rings. The highest BCUT2D eigenvalue weighted by Crippen LogP contribution is 2.29. The average molecular weight is 253 g/mol. The summed E-state index contributed by atoms with van der Waals surface area (Å²) in [5, 5.41) is 3.26. The maximum atomic E-state index is 12.1. The van der Waals surface area contributed by atoms with E-state index in [9.17, 15) is 14.4 Å². The van der Waals surface area contributed by atoms with Gasteiger partial charge in [-0.15, -0.1) is 0 Å². The van der Waals surface area contributed by atoms with Crippen LogP contribution in [-0.2, 0) is 9.59 Å². The summed E-state index contributed by atoms with van der Waals surface area (Å²) in [4.78, 5) is 38.0. The second-order valence-corrected chi connectivity index (χ2v) is 5.00. The SMILES string of the molecule is CN1C(=O)C(C2CCCNCC2)C(=O)N(C)C1=O. The Morgan fingerprint density at radius 2 is 1.61 bits per heavy atom. The molecule has 1 atom stereocenters. The molecule has 2 saturated heterocycles. The Hall–Kier alpha value is -1.43. The summed E-state index contributed by atoms with van der Waals surface area (Å²) in [6.45, 7) is 1.75. The molecule has 100 valence electrons. The van der Waals surface area contributed by atoms with Crippen molar-refractivity contribution in [1.29, 1.82) is 0 Å². The van der Waals surface area contributed by atoms with Crippen LogP contribution in [0.3, 0.4) is 0 Å².